The summed E-state index contributed by atoms with van der Waals surface area (Å²) in [5, 5.41) is 4.84. The fraction of sp³-hybridized carbons (Fsp3) is 0.474. The first-order valence-electron chi connectivity index (χ1n) is 9.36. The molecule has 2 heterocycles. The van der Waals surface area contributed by atoms with Crippen LogP contribution in [-0.4, -0.2) is 66.2 Å². The van der Waals surface area contributed by atoms with Gasteiger partial charge in [-0.25, -0.2) is 17.9 Å². The van der Waals surface area contributed by atoms with Gasteiger partial charge >= 0.3 is 5.97 Å². The summed E-state index contributed by atoms with van der Waals surface area (Å²) < 4.78 is 29.6. The summed E-state index contributed by atoms with van der Waals surface area (Å²) in [6.45, 7) is 1.70. The van der Waals surface area contributed by atoms with Crippen LogP contribution in [-0.2, 0) is 25.9 Å². The fourth-order valence-corrected chi connectivity index (χ4v) is 5.11. The van der Waals surface area contributed by atoms with E-state index >= 15 is 0 Å². The van der Waals surface area contributed by atoms with E-state index in [-0.39, 0.29) is 22.8 Å². The molecule has 156 valence electrons. The predicted molar refractivity (Wildman–Crippen MR) is 106 cm³/mol. The van der Waals surface area contributed by atoms with Gasteiger partial charge < -0.3 is 9.64 Å². The van der Waals surface area contributed by atoms with E-state index in [0.717, 1.165) is 0 Å². The summed E-state index contributed by atoms with van der Waals surface area (Å²) in [5.74, 6) is -1.35. The number of esters is 1. The Labute approximate surface area is 168 Å². The molecule has 0 radical (unpaired) electrons. The number of nitrogens with zero attached hydrogens (tertiary/aromatic N) is 3. The van der Waals surface area contributed by atoms with Crippen molar-refractivity contribution in [2.75, 3.05) is 25.2 Å². The molecule has 0 aliphatic carbocycles. The second kappa shape index (κ2) is 8.32. The summed E-state index contributed by atoms with van der Waals surface area (Å²) in [6.07, 6.45) is 1.03. The molecule has 0 bridgehead atoms. The van der Waals surface area contributed by atoms with Gasteiger partial charge in [-0.1, -0.05) is 25.1 Å². The molecular formula is C19H23N3O6S. The molecule has 0 spiro atoms. The Morgan fingerprint density at radius 1 is 1.28 bits per heavy atom. The molecule has 1 fully saturated rings. The molecule has 0 N–H and O–H groups in total. The van der Waals surface area contributed by atoms with Crippen LogP contribution in [0.5, 0.6) is 0 Å². The number of benzene rings is 1. The Kier molecular flexibility index (Phi) is 6.02. The first-order valence-corrected chi connectivity index (χ1v) is 11.2. The Morgan fingerprint density at radius 2 is 1.97 bits per heavy atom. The molecule has 9 nitrogen and oxygen atoms in total. The number of amides is 1. The highest BCUT2D eigenvalue weighted by Gasteiger charge is 2.33. The summed E-state index contributed by atoms with van der Waals surface area (Å²) in [6, 6.07) is 6.18. The molecule has 1 aromatic heterocycles. The van der Waals surface area contributed by atoms with Crippen LogP contribution in [0.3, 0.4) is 0 Å². The Morgan fingerprint density at radius 3 is 2.59 bits per heavy atom. The van der Waals surface area contributed by atoms with Gasteiger partial charge in [0.1, 0.15) is 0 Å². The molecule has 2 aromatic rings. The summed E-state index contributed by atoms with van der Waals surface area (Å²) >= 11 is 0. The largest absolute Gasteiger partial charge is 0.451 e. The normalized spacial score (nSPS) is 17.9. The third-order valence-electron chi connectivity index (χ3n) is 4.97. The van der Waals surface area contributed by atoms with E-state index < -0.39 is 34.4 Å². The van der Waals surface area contributed by atoms with Crippen molar-refractivity contribution < 1.29 is 22.7 Å². The molecule has 0 saturated carbocycles. The number of ether oxygens (including phenoxy) is 1. The third-order valence-corrected chi connectivity index (χ3v) is 6.72. The van der Waals surface area contributed by atoms with E-state index in [1.807, 2.05) is 6.92 Å². The minimum absolute atomic E-state index is 0.0347. The fourth-order valence-electron chi connectivity index (χ4n) is 3.33. The lowest BCUT2D eigenvalue weighted by Gasteiger charge is -2.23. The van der Waals surface area contributed by atoms with Crippen molar-refractivity contribution >= 4 is 32.5 Å². The molecule has 1 saturated heterocycles. The highest BCUT2D eigenvalue weighted by atomic mass is 32.2. The minimum atomic E-state index is -3.13. The average Bonchev–Trinajstić information content (AvgIpc) is 3.07. The Hall–Kier alpha value is -2.75. The van der Waals surface area contributed by atoms with Crippen molar-refractivity contribution in [2.24, 2.45) is 0 Å². The lowest BCUT2D eigenvalue weighted by atomic mass is 10.1. The number of carbonyl (C=O) groups excluding carboxylic acids is 2. The molecule has 1 aliphatic heterocycles. The van der Waals surface area contributed by atoms with Gasteiger partial charge in [0.2, 0.25) is 0 Å². The second-order valence-electron chi connectivity index (χ2n) is 7.06. The van der Waals surface area contributed by atoms with E-state index in [0.29, 0.717) is 30.2 Å². The van der Waals surface area contributed by atoms with Gasteiger partial charge in [-0.05, 0) is 18.9 Å². The number of aryl methyl sites for hydroxylation is 1. The molecule has 1 aliphatic rings. The van der Waals surface area contributed by atoms with Crippen molar-refractivity contribution in [1.29, 1.82) is 0 Å². The van der Waals surface area contributed by atoms with Crippen molar-refractivity contribution in [3.63, 3.8) is 0 Å². The van der Waals surface area contributed by atoms with Gasteiger partial charge in [-0.3, -0.25) is 9.59 Å². The van der Waals surface area contributed by atoms with Gasteiger partial charge in [0.25, 0.3) is 11.5 Å². The van der Waals surface area contributed by atoms with Crippen molar-refractivity contribution in [1.82, 2.24) is 14.7 Å². The van der Waals surface area contributed by atoms with Gasteiger partial charge in [-0.2, -0.15) is 5.10 Å². The highest BCUT2D eigenvalue weighted by molar-refractivity contribution is 7.91. The number of likely N-dealkylation sites (N-methyl/N-ethyl adjacent to an activating group) is 1. The maximum absolute atomic E-state index is 12.6. The smallest absolute Gasteiger partial charge is 0.359 e. The summed E-state index contributed by atoms with van der Waals surface area (Å²) in [7, 11) is -1.63. The van der Waals surface area contributed by atoms with Crippen molar-refractivity contribution in [2.45, 2.75) is 32.4 Å². The van der Waals surface area contributed by atoms with Gasteiger partial charge in [-0.15, -0.1) is 0 Å². The number of rotatable bonds is 6. The number of sulfone groups is 1. The predicted octanol–water partition coefficient (Wildman–Crippen LogP) is 0.609. The average molecular weight is 421 g/mol. The Bertz CT molecular complexity index is 1110. The second-order valence-corrected chi connectivity index (χ2v) is 9.29. The highest BCUT2D eigenvalue weighted by Crippen LogP contribution is 2.17. The van der Waals surface area contributed by atoms with Crippen molar-refractivity contribution in [3.05, 3.63) is 40.3 Å². The van der Waals surface area contributed by atoms with Crippen LogP contribution in [0.4, 0.5) is 0 Å². The topological polar surface area (TPSA) is 116 Å². The van der Waals surface area contributed by atoms with Crippen LogP contribution >= 0.6 is 0 Å². The van der Waals surface area contributed by atoms with E-state index in [2.05, 4.69) is 5.10 Å². The lowest BCUT2D eigenvalue weighted by molar-refractivity contribution is -0.134. The van der Waals surface area contributed by atoms with Gasteiger partial charge in [0.05, 0.1) is 16.9 Å². The molecule has 3 rings (SSSR count). The zero-order valence-electron chi connectivity index (χ0n) is 16.3. The summed E-state index contributed by atoms with van der Waals surface area (Å²) in [4.78, 5) is 38.7. The number of aromatic nitrogens is 2. The zero-order valence-corrected chi connectivity index (χ0v) is 17.1. The van der Waals surface area contributed by atoms with E-state index in [1.165, 1.54) is 16.6 Å². The minimum Gasteiger partial charge on any atom is -0.451 e. The van der Waals surface area contributed by atoms with Gasteiger partial charge in [0.15, 0.2) is 22.1 Å². The number of carbonyl (C=O) groups is 2. The quantitative estimate of drug-likeness (QED) is 0.628. The first-order chi connectivity index (χ1) is 13.7. The number of hydrogen-bond donors (Lipinski definition) is 0. The maximum Gasteiger partial charge on any atom is 0.359 e. The molecule has 1 unspecified atom stereocenters. The van der Waals surface area contributed by atoms with Crippen LogP contribution < -0.4 is 5.56 Å². The SMILES string of the molecule is CCCn1nc(C(=O)OCC(=O)N(C)C2CCS(=O)(=O)C2)c2ccccc2c1=O. The van der Waals surface area contributed by atoms with Crippen LogP contribution in [0.2, 0.25) is 0 Å². The van der Waals surface area contributed by atoms with Crippen LogP contribution in [0, 0.1) is 0 Å². The first kappa shape index (κ1) is 21.0. The van der Waals surface area contributed by atoms with Crippen LogP contribution in [0.15, 0.2) is 29.1 Å². The number of hydrogen-bond acceptors (Lipinski definition) is 7. The monoisotopic (exact) mass is 421 g/mol. The van der Waals surface area contributed by atoms with Crippen LogP contribution in [0.25, 0.3) is 10.8 Å². The molecular weight excluding hydrogens is 398 g/mol. The molecule has 1 aromatic carbocycles. The van der Waals surface area contributed by atoms with E-state index in [1.54, 1.807) is 24.3 Å². The zero-order chi connectivity index (χ0) is 21.2. The van der Waals surface area contributed by atoms with E-state index in [9.17, 15) is 22.8 Å². The van der Waals surface area contributed by atoms with Gasteiger partial charge in [0, 0.05) is 25.0 Å². The molecule has 1 amide bonds. The molecule has 1 atom stereocenters. The number of fused-ring (bicyclic) bond motifs is 1. The van der Waals surface area contributed by atoms with E-state index in [4.69, 9.17) is 4.74 Å². The maximum atomic E-state index is 12.6. The molecule has 29 heavy (non-hydrogen) atoms. The molecule has 10 heteroatoms. The van der Waals surface area contributed by atoms with Crippen molar-refractivity contribution in [3.8, 4) is 0 Å². The van der Waals surface area contributed by atoms with Crippen LogP contribution in [0.1, 0.15) is 30.3 Å². The summed E-state index contributed by atoms with van der Waals surface area (Å²) in [5.41, 5.74) is -0.329. The lowest BCUT2D eigenvalue weighted by Crippen LogP contribution is -2.40. The third kappa shape index (κ3) is 4.47. The Balaban J connectivity index is 1.77. The standard InChI is InChI=1S/C19H23N3O6S/c1-3-9-22-18(24)15-7-5-4-6-14(15)17(20-22)19(25)28-11-16(23)21(2)13-8-10-29(26,27)12-13/h4-7,13H,3,8-12H2,1-2H3.